The number of rotatable bonds is 5. The van der Waals surface area contributed by atoms with Crippen molar-refractivity contribution in [3.05, 3.63) is 200 Å². The first-order chi connectivity index (χ1) is 27.3. The summed E-state index contributed by atoms with van der Waals surface area (Å²) < 4.78 is 2.21. The standard InChI is InChI=1S/C52H33N3/c1-2-12-37(13-3-1)52-54-48-28-29-53-33-49(48)55(52)43-25-22-36(23-26-43)40-24-27-46-47(32-40)51(42-21-19-35-11-5-7-15-39(35)31-42)45-17-9-8-16-44(45)50(46)41-20-18-34-10-4-6-14-38(34)30-41/h1-33H. The zero-order valence-corrected chi connectivity index (χ0v) is 29.9. The topological polar surface area (TPSA) is 30.7 Å². The molecule has 9 aromatic carbocycles. The van der Waals surface area contributed by atoms with Gasteiger partial charge in [0.2, 0.25) is 0 Å². The molecule has 0 unspecified atom stereocenters. The molecule has 0 fully saturated rings. The number of fused-ring (bicyclic) bond motifs is 5. The monoisotopic (exact) mass is 699 g/mol. The van der Waals surface area contributed by atoms with Crippen LogP contribution in [0.15, 0.2) is 200 Å². The second kappa shape index (κ2) is 12.6. The van der Waals surface area contributed by atoms with E-state index in [0.717, 1.165) is 33.7 Å². The molecule has 2 heterocycles. The second-order valence-electron chi connectivity index (χ2n) is 14.2. The first-order valence-corrected chi connectivity index (χ1v) is 18.7. The van der Waals surface area contributed by atoms with Gasteiger partial charge in [0.15, 0.2) is 0 Å². The fourth-order valence-corrected chi connectivity index (χ4v) is 8.44. The maximum atomic E-state index is 5.03. The summed E-state index contributed by atoms with van der Waals surface area (Å²) in [5.74, 6) is 0.898. The summed E-state index contributed by atoms with van der Waals surface area (Å²) in [6.45, 7) is 0. The van der Waals surface area contributed by atoms with Crippen LogP contribution in [0.2, 0.25) is 0 Å². The van der Waals surface area contributed by atoms with E-state index < -0.39 is 0 Å². The van der Waals surface area contributed by atoms with Crippen LogP contribution in [0.25, 0.3) is 105 Å². The van der Waals surface area contributed by atoms with Crippen molar-refractivity contribution in [3.63, 3.8) is 0 Å². The molecule has 0 atom stereocenters. The predicted molar refractivity (Wildman–Crippen MR) is 231 cm³/mol. The third-order valence-corrected chi connectivity index (χ3v) is 11.0. The van der Waals surface area contributed by atoms with Crippen molar-refractivity contribution in [1.29, 1.82) is 0 Å². The van der Waals surface area contributed by atoms with Crippen LogP contribution in [0.4, 0.5) is 0 Å². The highest BCUT2D eigenvalue weighted by atomic mass is 15.1. The minimum Gasteiger partial charge on any atom is -0.291 e. The Morgan fingerprint density at radius 1 is 0.364 bits per heavy atom. The quantitative estimate of drug-likeness (QED) is 0.167. The number of hydrogen-bond acceptors (Lipinski definition) is 2. The SMILES string of the molecule is c1ccc(-c2nc3ccncc3n2-c2ccc(-c3ccc4c(-c5ccc6ccccc6c5)c5ccccc5c(-c5ccc6ccccc6c5)c4c3)cc2)cc1. The van der Waals surface area contributed by atoms with Crippen molar-refractivity contribution in [2.24, 2.45) is 0 Å². The lowest BCUT2D eigenvalue weighted by Crippen LogP contribution is -1.97. The van der Waals surface area contributed by atoms with Gasteiger partial charge in [-0.2, -0.15) is 0 Å². The van der Waals surface area contributed by atoms with E-state index in [-0.39, 0.29) is 0 Å². The van der Waals surface area contributed by atoms with Crippen molar-refractivity contribution in [2.45, 2.75) is 0 Å². The summed E-state index contributed by atoms with van der Waals surface area (Å²) in [6.07, 6.45) is 3.70. The number of imidazole rings is 1. The van der Waals surface area contributed by atoms with Crippen molar-refractivity contribution in [2.75, 3.05) is 0 Å². The van der Waals surface area contributed by atoms with E-state index in [2.05, 4.69) is 185 Å². The Bertz CT molecular complexity index is 3250. The molecule has 11 rings (SSSR count). The minimum atomic E-state index is 0.898. The third kappa shape index (κ3) is 5.20. The second-order valence-corrected chi connectivity index (χ2v) is 14.2. The molecule has 0 bridgehead atoms. The van der Waals surface area contributed by atoms with Gasteiger partial charge in [-0.1, -0.05) is 152 Å². The van der Waals surface area contributed by atoms with Gasteiger partial charge in [0.25, 0.3) is 0 Å². The molecule has 11 aromatic rings. The van der Waals surface area contributed by atoms with Crippen molar-refractivity contribution in [1.82, 2.24) is 14.5 Å². The summed E-state index contributed by atoms with van der Waals surface area (Å²) in [7, 11) is 0. The molecule has 0 aliphatic rings. The lowest BCUT2D eigenvalue weighted by Gasteiger charge is -2.19. The Morgan fingerprint density at radius 2 is 0.909 bits per heavy atom. The van der Waals surface area contributed by atoms with E-state index >= 15 is 0 Å². The number of aromatic nitrogens is 3. The van der Waals surface area contributed by atoms with Crippen LogP contribution in [0, 0.1) is 0 Å². The largest absolute Gasteiger partial charge is 0.291 e. The Balaban J connectivity index is 1.13. The van der Waals surface area contributed by atoms with Crippen molar-refractivity contribution >= 4 is 54.1 Å². The molecule has 0 aliphatic carbocycles. The van der Waals surface area contributed by atoms with E-state index in [1.54, 1.807) is 6.20 Å². The van der Waals surface area contributed by atoms with Crippen molar-refractivity contribution in [3.8, 4) is 50.5 Å². The zero-order valence-electron chi connectivity index (χ0n) is 29.9. The van der Waals surface area contributed by atoms with Gasteiger partial charge in [-0.05, 0) is 113 Å². The molecule has 3 heteroatoms. The molecule has 0 spiro atoms. The predicted octanol–water partition coefficient (Wildman–Crippen LogP) is 13.7. The van der Waals surface area contributed by atoms with E-state index in [0.29, 0.717) is 0 Å². The van der Waals surface area contributed by atoms with E-state index in [9.17, 15) is 0 Å². The molecule has 0 amide bonds. The highest BCUT2D eigenvalue weighted by Gasteiger charge is 2.19. The van der Waals surface area contributed by atoms with Gasteiger partial charge in [0.1, 0.15) is 5.82 Å². The van der Waals surface area contributed by atoms with Crippen LogP contribution in [-0.4, -0.2) is 14.5 Å². The Hall–Kier alpha value is -7.36. The molecule has 0 saturated carbocycles. The smallest absolute Gasteiger partial charge is 0.145 e. The van der Waals surface area contributed by atoms with Gasteiger partial charge < -0.3 is 0 Å². The fourth-order valence-electron chi connectivity index (χ4n) is 8.44. The zero-order chi connectivity index (χ0) is 36.3. The van der Waals surface area contributed by atoms with Gasteiger partial charge in [-0.3, -0.25) is 9.55 Å². The van der Waals surface area contributed by atoms with E-state index in [1.807, 2.05) is 18.3 Å². The summed E-state index contributed by atoms with van der Waals surface area (Å²) in [5.41, 5.74) is 11.3. The first kappa shape index (κ1) is 31.2. The molecular formula is C52H33N3. The van der Waals surface area contributed by atoms with Gasteiger partial charge in [-0.15, -0.1) is 0 Å². The lowest BCUT2D eigenvalue weighted by atomic mass is 9.84. The van der Waals surface area contributed by atoms with Gasteiger partial charge in [-0.25, -0.2) is 4.98 Å². The van der Waals surface area contributed by atoms with Crippen LogP contribution >= 0.6 is 0 Å². The average molecular weight is 700 g/mol. The molecule has 0 N–H and O–H groups in total. The maximum Gasteiger partial charge on any atom is 0.145 e. The summed E-state index contributed by atoms with van der Waals surface area (Å²) >= 11 is 0. The molecule has 2 aromatic heterocycles. The number of hydrogen-bond donors (Lipinski definition) is 0. The molecule has 55 heavy (non-hydrogen) atoms. The number of pyridine rings is 1. The normalized spacial score (nSPS) is 11.6. The van der Waals surface area contributed by atoms with Crippen molar-refractivity contribution < 1.29 is 0 Å². The number of nitrogens with zero attached hydrogens (tertiary/aromatic N) is 3. The third-order valence-electron chi connectivity index (χ3n) is 11.0. The van der Waals surface area contributed by atoms with Crippen LogP contribution in [0.1, 0.15) is 0 Å². The number of benzene rings is 9. The Morgan fingerprint density at radius 3 is 1.58 bits per heavy atom. The maximum absolute atomic E-state index is 5.03. The van der Waals surface area contributed by atoms with Gasteiger partial charge >= 0.3 is 0 Å². The molecule has 3 nitrogen and oxygen atoms in total. The molecule has 0 aliphatic heterocycles. The first-order valence-electron chi connectivity index (χ1n) is 18.7. The Labute approximate surface area is 318 Å². The summed E-state index contributed by atoms with van der Waals surface area (Å²) in [4.78, 5) is 9.48. The lowest BCUT2D eigenvalue weighted by molar-refractivity contribution is 1.10. The fraction of sp³-hybridized carbons (Fsp3) is 0. The summed E-state index contributed by atoms with van der Waals surface area (Å²) in [5, 5.41) is 9.93. The Kier molecular flexibility index (Phi) is 7.17. The van der Waals surface area contributed by atoms with Crippen LogP contribution in [-0.2, 0) is 0 Å². The molecule has 0 radical (unpaired) electrons. The van der Waals surface area contributed by atoms with Crippen LogP contribution in [0.5, 0.6) is 0 Å². The minimum absolute atomic E-state index is 0.898. The average Bonchev–Trinajstić information content (AvgIpc) is 3.65. The summed E-state index contributed by atoms with van der Waals surface area (Å²) in [6, 6.07) is 68.2. The van der Waals surface area contributed by atoms with Gasteiger partial charge in [0, 0.05) is 17.4 Å². The van der Waals surface area contributed by atoms with Crippen LogP contribution < -0.4 is 0 Å². The molecule has 256 valence electrons. The van der Waals surface area contributed by atoms with E-state index in [1.165, 1.54) is 70.9 Å². The van der Waals surface area contributed by atoms with E-state index in [4.69, 9.17) is 4.98 Å². The highest BCUT2D eigenvalue weighted by molar-refractivity contribution is 6.22. The van der Waals surface area contributed by atoms with Crippen LogP contribution in [0.3, 0.4) is 0 Å². The highest BCUT2D eigenvalue weighted by Crippen LogP contribution is 2.46. The molecular weight excluding hydrogens is 667 g/mol. The van der Waals surface area contributed by atoms with Gasteiger partial charge in [0.05, 0.1) is 17.2 Å². The molecule has 0 saturated heterocycles.